The van der Waals surface area contributed by atoms with Crippen LogP contribution in [-0.4, -0.2) is 56.5 Å². The Bertz CT molecular complexity index is 798. The molecule has 2 aromatic rings. The van der Waals surface area contributed by atoms with Crippen molar-refractivity contribution in [3.63, 3.8) is 0 Å². The van der Waals surface area contributed by atoms with E-state index >= 15 is 0 Å². The minimum Gasteiger partial charge on any atom is -0.351 e. The SMILES string of the molecule is CCn1c(=O)[nH]c2c(N3CCN(C(=O)C4CC4)CC3)ncnc21. The van der Waals surface area contributed by atoms with Crippen molar-refractivity contribution in [2.75, 3.05) is 31.1 Å². The van der Waals surface area contributed by atoms with Gasteiger partial charge in [0.15, 0.2) is 11.5 Å². The molecule has 2 aromatic heterocycles. The molecule has 1 saturated heterocycles. The Kier molecular flexibility index (Phi) is 3.32. The highest BCUT2D eigenvalue weighted by atomic mass is 16.2. The predicted octanol–water partition coefficient (Wildman–Crippen LogP) is 0.198. The van der Waals surface area contributed by atoms with Crippen LogP contribution in [0.3, 0.4) is 0 Å². The van der Waals surface area contributed by atoms with Crippen molar-refractivity contribution < 1.29 is 4.79 Å². The number of rotatable bonds is 3. The number of anilines is 1. The van der Waals surface area contributed by atoms with Gasteiger partial charge in [0.2, 0.25) is 5.91 Å². The summed E-state index contributed by atoms with van der Waals surface area (Å²) in [5, 5.41) is 0. The molecule has 1 N–H and O–H groups in total. The van der Waals surface area contributed by atoms with E-state index in [1.54, 1.807) is 4.57 Å². The van der Waals surface area contributed by atoms with Crippen molar-refractivity contribution in [2.45, 2.75) is 26.3 Å². The minimum absolute atomic E-state index is 0.160. The standard InChI is InChI=1S/C15H20N6O2/c1-2-21-13-11(18-15(21)23)12(16-9-17-13)19-5-7-20(8-6-19)14(22)10-3-4-10/h9-10H,2-8H2,1H3,(H,18,23). The molecule has 3 heterocycles. The zero-order chi connectivity index (χ0) is 16.0. The van der Waals surface area contributed by atoms with Crippen molar-refractivity contribution in [3.05, 3.63) is 16.8 Å². The van der Waals surface area contributed by atoms with E-state index < -0.39 is 0 Å². The van der Waals surface area contributed by atoms with Crippen LogP contribution in [0.1, 0.15) is 19.8 Å². The summed E-state index contributed by atoms with van der Waals surface area (Å²) in [7, 11) is 0. The van der Waals surface area contributed by atoms with Gasteiger partial charge in [0, 0.05) is 38.6 Å². The maximum absolute atomic E-state index is 12.1. The third-order valence-electron chi connectivity index (χ3n) is 4.67. The topological polar surface area (TPSA) is 87.1 Å². The number of aromatic amines is 1. The second-order valence-electron chi connectivity index (χ2n) is 6.16. The Hall–Kier alpha value is -2.38. The Morgan fingerprint density at radius 2 is 2.00 bits per heavy atom. The van der Waals surface area contributed by atoms with Crippen LogP contribution < -0.4 is 10.6 Å². The van der Waals surface area contributed by atoms with E-state index in [0.717, 1.165) is 31.7 Å². The summed E-state index contributed by atoms with van der Waals surface area (Å²) in [4.78, 5) is 39.7. The van der Waals surface area contributed by atoms with Gasteiger partial charge in [-0.15, -0.1) is 0 Å². The van der Waals surface area contributed by atoms with Crippen molar-refractivity contribution in [1.82, 2.24) is 24.4 Å². The van der Waals surface area contributed by atoms with E-state index in [-0.39, 0.29) is 11.6 Å². The largest absolute Gasteiger partial charge is 0.351 e. The summed E-state index contributed by atoms with van der Waals surface area (Å²) in [6.07, 6.45) is 3.58. The van der Waals surface area contributed by atoms with E-state index in [9.17, 15) is 9.59 Å². The molecule has 1 aliphatic carbocycles. The molecule has 8 heteroatoms. The van der Waals surface area contributed by atoms with Crippen molar-refractivity contribution in [1.29, 1.82) is 0 Å². The molecule has 4 rings (SSSR count). The smallest absolute Gasteiger partial charge is 0.327 e. The van der Waals surface area contributed by atoms with Crippen LogP contribution >= 0.6 is 0 Å². The number of carbonyl (C=O) groups is 1. The molecule has 0 radical (unpaired) electrons. The zero-order valence-corrected chi connectivity index (χ0v) is 13.2. The first-order valence-corrected chi connectivity index (χ1v) is 8.16. The lowest BCUT2D eigenvalue weighted by Crippen LogP contribution is -2.49. The number of H-pyrrole nitrogens is 1. The van der Waals surface area contributed by atoms with Crippen molar-refractivity contribution >= 4 is 22.9 Å². The van der Waals surface area contributed by atoms with Gasteiger partial charge in [-0.3, -0.25) is 9.36 Å². The van der Waals surface area contributed by atoms with Crippen LogP contribution in [-0.2, 0) is 11.3 Å². The van der Waals surface area contributed by atoms with E-state index in [2.05, 4.69) is 19.9 Å². The van der Waals surface area contributed by atoms with Crippen molar-refractivity contribution in [3.8, 4) is 0 Å². The highest BCUT2D eigenvalue weighted by Crippen LogP contribution is 2.31. The molecule has 0 spiro atoms. The second-order valence-corrected chi connectivity index (χ2v) is 6.16. The van der Waals surface area contributed by atoms with E-state index in [0.29, 0.717) is 36.7 Å². The minimum atomic E-state index is -0.160. The fourth-order valence-electron chi connectivity index (χ4n) is 3.21. The van der Waals surface area contributed by atoms with Crippen LogP contribution in [0.15, 0.2) is 11.1 Å². The van der Waals surface area contributed by atoms with Crippen molar-refractivity contribution in [2.24, 2.45) is 5.92 Å². The van der Waals surface area contributed by atoms with Gasteiger partial charge in [-0.25, -0.2) is 14.8 Å². The van der Waals surface area contributed by atoms with E-state index in [1.165, 1.54) is 6.33 Å². The summed E-state index contributed by atoms with van der Waals surface area (Å²) >= 11 is 0. The quantitative estimate of drug-likeness (QED) is 0.874. The van der Waals surface area contributed by atoms with Crippen LogP contribution in [0.25, 0.3) is 11.2 Å². The maximum atomic E-state index is 12.1. The number of amides is 1. The highest BCUT2D eigenvalue weighted by molar-refractivity contribution is 5.84. The second kappa shape index (κ2) is 5.36. The van der Waals surface area contributed by atoms with Crippen LogP contribution in [0.5, 0.6) is 0 Å². The monoisotopic (exact) mass is 316 g/mol. The molecular weight excluding hydrogens is 296 g/mol. The van der Waals surface area contributed by atoms with Gasteiger partial charge < -0.3 is 14.8 Å². The van der Waals surface area contributed by atoms with Crippen LogP contribution in [0, 0.1) is 5.92 Å². The molecule has 23 heavy (non-hydrogen) atoms. The number of nitrogens with one attached hydrogen (secondary N) is 1. The first kappa shape index (κ1) is 14.2. The number of fused-ring (bicyclic) bond motifs is 1. The van der Waals surface area contributed by atoms with E-state index in [4.69, 9.17) is 0 Å². The number of hydrogen-bond acceptors (Lipinski definition) is 5. The number of hydrogen-bond donors (Lipinski definition) is 1. The van der Waals surface area contributed by atoms with Gasteiger partial charge in [0.1, 0.15) is 11.8 Å². The predicted molar refractivity (Wildman–Crippen MR) is 85.3 cm³/mol. The van der Waals surface area contributed by atoms with Crippen LogP contribution in [0.2, 0.25) is 0 Å². The summed E-state index contributed by atoms with van der Waals surface area (Å²) in [6.45, 7) is 5.35. The molecule has 1 aliphatic heterocycles. The number of carbonyl (C=O) groups excluding carboxylic acids is 1. The van der Waals surface area contributed by atoms with Gasteiger partial charge >= 0.3 is 5.69 Å². The lowest BCUT2D eigenvalue weighted by molar-refractivity contribution is -0.132. The molecule has 1 amide bonds. The number of imidazole rings is 1. The molecule has 0 aromatic carbocycles. The molecule has 0 atom stereocenters. The fraction of sp³-hybridized carbons (Fsp3) is 0.600. The lowest BCUT2D eigenvalue weighted by Gasteiger charge is -2.35. The summed E-state index contributed by atoms with van der Waals surface area (Å²) in [5.74, 6) is 1.31. The van der Waals surface area contributed by atoms with Crippen LogP contribution in [0.4, 0.5) is 5.82 Å². The molecule has 2 aliphatic rings. The molecule has 1 saturated carbocycles. The molecule has 122 valence electrons. The zero-order valence-electron chi connectivity index (χ0n) is 13.2. The third kappa shape index (κ3) is 2.38. The Balaban J connectivity index is 1.58. The maximum Gasteiger partial charge on any atom is 0.327 e. The highest BCUT2D eigenvalue weighted by Gasteiger charge is 2.35. The van der Waals surface area contributed by atoms with E-state index in [1.807, 2.05) is 11.8 Å². The number of piperazine rings is 1. The summed E-state index contributed by atoms with van der Waals surface area (Å²) in [6, 6.07) is 0. The normalized spacial score (nSPS) is 18.7. The molecular formula is C15H20N6O2. The van der Waals surface area contributed by atoms with Gasteiger partial charge in [-0.05, 0) is 19.8 Å². The number of aryl methyl sites for hydroxylation is 1. The van der Waals surface area contributed by atoms with Gasteiger partial charge in [-0.1, -0.05) is 0 Å². The lowest BCUT2D eigenvalue weighted by atomic mass is 10.2. The fourth-order valence-corrected chi connectivity index (χ4v) is 3.21. The summed E-state index contributed by atoms with van der Waals surface area (Å²) < 4.78 is 1.60. The van der Waals surface area contributed by atoms with Gasteiger partial charge in [-0.2, -0.15) is 0 Å². The average Bonchev–Trinajstić information content (AvgIpc) is 3.36. The molecule has 0 unspecified atom stereocenters. The number of aromatic nitrogens is 4. The molecule has 0 bridgehead atoms. The molecule has 2 fully saturated rings. The summed E-state index contributed by atoms with van der Waals surface area (Å²) in [5.41, 5.74) is 1.16. The first-order valence-electron chi connectivity index (χ1n) is 8.16. The Morgan fingerprint density at radius 1 is 1.26 bits per heavy atom. The van der Waals surface area contributed by atoms with Gasteiger partial charge in [0.05, 0.1) is 0 Å². The first-order chi connectivity index (χ1) is 11.2. The molecule has 8 nitrogen and oxygen atoms in total. The Labute approximate surface area is 133 Å². The average molecular weight is 316 g/mol. The third-order valence-corrected chi connectivity index (χ3v) is 4.67. The number of nitrogens with zero attached hydrogens (tertiary/aromatic N) is 5. The van der Waals surface area contributed by atoms with Gasteiger partial charge in [0.25, 0.3) is 0 Å². The Morgan fingerprint density at radius 3 is 2.65 bits per heavy atom.